The number of nitrogens with one attached hydrogen (secondary N) is 3. The highest BCUT2D eigenvalue weighted by Gasteiger charge is 2.21. The molecule has 0 fully saturated rings. The lowest BCUT2D eigenvalue weighted by molar-refractivity contribution is 0.101. The minimum absolute atomic E-state index is 0.235. The van der Waals surface area contributed by atoms with Gasteiger partial charge in [0.15, 0.2) is 0 Å². The predicted octanol–water partition coefficient (Wildman–Crippen LogP) is 1.83. The molecular formula is C12H9N3O2. The number of aromatic amines is 1. The fourth-order valence-corrected chi connectivity index (χ4v) is 1.83. The molecule has 2 heterocycles. The molecule has 1 aliphatic heterocycles. The van der Waals surface area contributed by atoms with Crippen molar-refractivity contribution < 1.29 is 9.59 Å². The number of anilines is 2. The average molecular weight is 227 g/mol. The van der Waals surface area contributed by atoms with Crippen LogP contribution in [0.25, 0.3) is 0 Å². The maximum Gasteiger partial charge on any atom is 0.274 e. The largest absolute Gasteiger partial charge is 0.355 e. The van der Waals surface area contributed by atoms with E-state index in [0.717, 1.165) is 0 Å². The lowest BCUT2D eigenvalue weighted by Crippen LogP contribution is -2.23. The summed E-state index contributed by atoms with van der Waals surface area (Å²) < 4.78 is 0. The number of rotatable bonds is 0. The van der Waals surface area contributed by atoms with Gasteiger partial charge in [0.25, 0.3) is 11.8 Å². The van der Waals surface area contributed by atoms with Crippen molar-refractivity contribution in [3.8, 4) is 0 Å². The molecule has 5 heteroatoms. The highest BCUT2D eigenvalue weighted by molar-refractivity contribution is 6.17. The number of benzene rings is 1. The van der Waals surface area contributed by atoms with E-state index in [9.17, 15) is 9.59 Å². The summed E-state index contributed by atoms with van der Waals surface area (Å²) in [6, 6.07) is 8.54. The van der Waals surface area contributed by atoms with Gasteiger partial charge in [-0.25, -0.2) is 0 Å². The Bertz CT molecular complexity index is 616. The maximum atomic E-state index is 11.9. The van der Waals surface area contributed by atoms with Crippen molar-refractivity contribution >= 4 is 23.2 Å². The molecule has 2 aromatic rings. The monoisotopic (exact) mass is 227 g/mol. The van der Waals surface area contributed by atoms with Gasteiger partial charge in [0, 0.05) is 6.20 Å². The number of para-hydroxylation sites is 1. The van der Waals surface area contributed by atoms with Crippen LogP contribution in [0.3, 0.4) is 0 Å². The van der Waals surface area contributed by atoms with Crippen LogP contribution in [0.1, 0.15) is 20.8 Å². The molecule has 84 valence electrons. The first-order valence-corrected chi connectivity index (χ1v) is 5.15. The Morgan fingerprint density at radius 3 is 2.47 bits per heavy atom. The van der Waals surface area contributed by atoms with E-state index < -0.39 is 0 Å². The van der Waals surface area contributed by atoms with Gasteiger partial charge < -0.3 is 15.6 Å². The van der Waals surface area contributed by atoms with Gasteiger partial charge >= 0.3 is 0 Å². The van der Waals surface area contributed by atoms with Crippen LogP contribution >= 0.6 is 0 Å². The third kappa shape index (κ3) is 1.48. The van der Waals surface area contributed by atoms with Gasteiger partial charge in [-0.3, -0.25) is 9.59 Å². The molecular weight excluding hydrogens is 218 g/mol. The Hall–Kier alpha value is -2.56. The number of carbonyl (C=O) groups excluding carboxylic acids is 2. The average Bonchev–Trinajstić information content (AvgIpc) is 2.76. The normalized spacial score (nSPS) is 13.9. The van der Waals surface area contributed by atoms with Gasteiger partial charge in [0.2, 0.25) is 0 Å². The second kappa shape index (κ2) is 3.48. The van der Waals surface area contributed by atoms with E-state index >= 15 is 0 Å². The van der Waals surface area contributed by atoms with Gasteiger partial charge in [-0.2, -0.15) is 0 Å². The third-order valence-electron chi connectivity index (χ3n) is 2.64. The molecule has 0 radical (unpaired) electrons. The molecule has 0 unspecified atom stereocenters. The summed E-state index contributed by atoms with van der Waals surface area (Å²) in [7, 11) is 0. The summed E-state index contributed by atoms with van der Waals surface area (Å²) in [5, 5.41) is 5.40. The van der Waals surface area contributed by atoms with Crippen LogP contribution in [0.15, 0.2) is 36.5 Å². The Morgan fingerprint density at radius 2 is 1.59 bits per heavy atom. The maximum absolute atomic E-state index is 11.9. The molecule has 3 rings (SSSR count). The summed E-state index contributed by atoms with van der Waals surface area (Å²) in [6.45, 7) is 0. The summed E-state index contributed by atoms with van der Waals surface area (Å²) in [6.07, 6.45) is 1.61. The molecule has 0 bridgehead atoms. The molecule has 0 spiro atoms. The van der Waals surface area contributed by atoms with Crippen molar-refractivity contribution in [2.45, 2.75) is 0 Å². The van der Waals surface area contributed by atoms with Gasteiger partial charge in [0.1, 0.15) is 5.69 Å². The second-order valence-corrected chi connectivity index (χ2v) is 3.72. The summed E-state index contributed by atoms with van der Waals surface area (Å²) in [5.41, 5.74) is 1.80. The molecule has 17 heavy (non-hydrogen) atoms. The second-order valence-electron chi connectivity index (χ2n) is 3.72. The number of fused-ring (bicyclic) bond motifs is 2. The van der Waals surface area contributed by atoms with E-state index in [2.05, 4.69) is 15.6 Å². The Kier molecular flexibility index (Phi) is 1.98. The van der Waals surface area contributed by atoms with Crippen molar-refractivity contribution in [2.24, 2.45) is 0 Å². The van der Waals surface area contributed by atoms with Crippen LogP contribution in [0, 0.1) is 0 Å². The van der Waals surface area contributed by atoms with Crippen molar-refractivity contribution in [3.05, 3.63) is 47.8 Å². The molecule has 0 saturated carbocycles. The molecule has 0 saturated heterocycles. The first kappa shape index (κ1) is 9.65. The molecule has 0 atom stereocenters. The molecule has 1 aromatic carbocycles. The van der Waals surface area contributed by atoms with E-state index in [1.807, 2.05) is 0 Å². The quantitative estimate of drug-likeness (QED) is 0.642. The molecule has 3 N–H and O–H groups in total. The van der Waals surface area contributed by atoms with Crippen LogP contribution in [0.5, 0.6) is 0 Å². The van der Waals surface area contributed by atoms with Crippen LogP contribution in [0.4, 0.5) is 11.4 Å². The fourth-order valence-electron chi connectivity index (χ4n) is 1.83. The van der Waals surface area contributed by atoms with Crippen LogP contribution in [0.2, 0.25) is 0 Å². The molecule has 1 aliphatic rings. The molecule has 0 aliphatic carbocycles. The van der Waals surface area contributed by atoms with E-state index in [1.165, 1.54) is 0 Å². The molecule has 1 aromatic heterocycles. The fraction of sp³-hybridized carbons (Fsp3) is 0. The summed E-state index contributed by atoms with van der Waals surface area (Å²) in [5.74, 6) is -0.501. The Labute approximate surface area is 96.8 Å². The van der Waals surface area contributed by atoms with Crippen molar-refractivity contribution in [1.82, 2.24) is 4.98 Å². The van der Waals surface area contributed by atoms with Crippen molar-refractivity contribution in [3.63, 3.8) is 0 Å². The minimum Gasteiger partial charge on any atom is -0.355 e. The first-order chi connectivity index (χ1) is 8.25. The predicted molar refractivity (Wildman–Crippen MR) is 63.1 cm³/mol. The van der Waals surface area contributed by atoms with E-state index in [1.54, 1.807) is 36.5 Å². The van der Waals surface area contributed by atoms with E-state index in [4.69, 9.17) is 0 Å². The van der Waals surface area contributed by atoms with Gasteiger partial charge in [-0.1, -0.05) is 12.1 Å². The summed E-state index contributed by atoms with van der Waals surface area (Å²) in [4.78, 5) is 26.6. The topological polar surface area (TPSA) is 74.0 Å². The zero-order chi connectivity index (χ0) is 11.8. The zero-order valence-corrected chi connectivity index (χ0v) is 8.78. The minimum atomic E-state index is -0.266. The lowest BCUT2D eigenvalue weighted by atomic mass is 10.1. The van der Waals surface area contributed by atoms with E-state index in [0.29, 0.717) is 22.6 Å². The summed E-state index contributed by atoms with van der Waals surface area (Å²) >= 11 is 0. The zero-order valence-electron chi connectivity index (χ0n) is 8.78. The lowest BCUT2D eigenvalue weighted by Gasteiger charge is -2.15. The van der Waals surface area contributed by atoms with Gasteiger partial charge in [-0.05, 0) is 18.2 Å². The number of aromatic nitrogens is 1. The van der Waals surface area contributed by atoms with Crippen LogP contribution in [-0.2, 0) is 0 Å². The smallest absolute Gasteiger partial charge is 0.274 e. The Balaban J connectivity index is 2.15. The Morgan fingerprint density at radius 1 is 0.824 bits per heavy atom. The first-order valence-electron chi connectivity index (χ1n) is 5.15. The SMILES string of the molecule is O=C1Nc2cc[nH]c2C(=O)Nc2ccccc21. The van der Waals surface area contributed by atoms with Gasteiger partial charge in [0.05, 0.1) is 16.9 Å². The number of hydrogen-bond donors (Lipinski definition) is 3. The molecule has 2 amide bonds. The number of H-pyrrole nitrogens is 1. The van der Waals surface area contributed by atoms with Gasteiger partial charge in [-0.15, -0.1) is 0 Å². The number of hydrogen-bond acceptors (Lipinski definition) is 2. The van der Waals surface area contributed by atoms with E-state index in [-0.39, 0.29) is 11.8 Å². The van der Waals surface area contributed by atoms with Crippen molar-refractivity contribution in [1.29, 1.82) is 0 Å². The highest BCUT2D eigenvalue weighted by Crippen LogP contribution is 2.23. The molecule has 5 nitrogen and oxygen atoms in total. The number of amides is 2. The standard InChI is InChI=1S/C12H9N3O2/c16-11-7-3-1-2-4-8(7)14-12(17)10-9(15-11)5-6-13-10/h1-6,13H,(H,14,17)(H,15,16). The highest BCUT2D eigenvalue weighted by atomic mass is 16.2. The van der Waals surface area contributed by atoms with Crippen molar-refractivity contribution in [2.75, 3.05) is 10.6 Å². The van der Waals surface area contributed by atoms with Crippen LogP contribution in [-0.4, -0.2) is 16.8 Å². The van der Waals surface area contributed by atoms with Crippen LogP contribution < -0.4 is 10.6 Å². The third-order valence-corrected chi connectivity index (χ3v) is 2.64. The number of carbonyl (C=O) groups is 2.